The molecule has 1 heterocycles. The summed E-state index contributed by atoms with van der Waals surface area (Å²) in [5, 5.41) is 0. The maximum atomic E-state index is 5.39. The summed E-state index contributed by atoms with van der Waals surface area (Å²) in [5.41, 5.74) is 3.74. The van der Waals surface area contributed by atoms with Crippen LogP contribution in [0.15, 0.2) is 22.2 Å². The third-order valence-corrected chi connectivity index (χ3v) is 3.05. The molecule has 0 atom stereocenters. The molecule has 2 rings (SSSR count). The molecule has 1 aromatic rings. The smallest absolute Gasteiger partial charge is 0.129 e. The van der Waals surface area contributed by atoms with E-state index in [4.69, 9.17) is 4.74 Å². The highest BCUT2D eigenvalue weighted by Crippen LogP contribution is 2.37. The van der Waals surface area contributed by atoms with E-state index in [1.54, 1.807) is 7.11 Å². The van der Waals surface area contributed by atoms with E-state index >= 15 is 0 Å². The Morgan fingerprint density at radius 2 is 2.13 bits per heavy atom. The summed E-state index contributed by atoms with van der Waals surface area (Å²) in [6, 6.07) is 4.13. The van der Waals surface area contributed by atoms with Crippen LogP contribution in [0.1, 0.15) is 12.5 Å². The molecule has 0 N–H and O–H groups in total. The van der Waals surface area contributed by atoms with Crippen molar-refractivity contribution in [3.63, 3.8) is 0 Å². The first-order chi connectivity index (χ1) is 7.11. The van der Waals surface area contributed by atoms with Crippen molar-refractivity contribution in [3.05, 3.63) is 27.7 Å². The standard InChI is InChI=1S/C12H14BrNO/c1-8-4-10-11(14(2)7-8)5-9(13)6-12(10)15-3/h4-6H,7H2,1-3H3. The van der Waals surface area contributed by atoms with E-state index in [1.807, 2.05) is 6.07 Å². The summed E-state index contributed by atoms with van der Waals surface area (Å²) < 4.78 is 6.44. The first-order valence-corrected chi connectivity index (χ1v) is 5.67. The van der Waals surface area contributed by atoms with Crippen LogP contribution in [0.3, 0.4) is 0 Å². The predicted molar refractivity (Wildman–Crippen MR) is 67.6 cm³/mol. The normalized spacial score (nSPS) is 14.7. The fourth-order valence-electron chi connectivity index (χ4n) is 1.96. The van der Waals surface area contributed by atoms with Gasteiger partial charge in [0.25, 0.3) is 0 Å². The number of hydrogen-bond acceptors (Lipinski definition) is 2. The molecule has 0 aromatic heterocycles. The summed E-state index contributed by atoms with van der Waals surface area (Å²) in [4.78, 5) is 2.23. The molecule has 0 bridgehead atoms. The van der Waals surface area contributed by atoms with Gasteiger partial charge in [-0.05, 0) is 25.1 Å². The second-order valence-corrected chi connectivity index (χ2v) is 4.80. The highest BCUT2D eigenvalue weighted by atomic mass is 79.9. The molecule has 0 fully saturated rings. The highest BCUT2D eigenvalue weighted by molar-refractivity contribution is 9.10. The van der Waals surface area contributed by atoms with Gasteiger partial charge in [0.05, 0.1) is 7.11 Å². The average molecular weight is 268 g/mol. The minimum Gasteiger partial charge on any atom is -0.496 e. The Kier molecular flexibility index (Phi) is 2.74. The molecule has 1 aliphatic heterocycles. The Morgan fingerprint density at radius 3 is 2.80 bits per heavy atom. The summed E-state index contributed by atoms with van der Waals surface area (Å²) in [6.07, 6.45) is 2.20. The van der Waals surface area contributed by atoms with E-state index < -0.39 is 0 Å². The molecule has 1 aliphatic rings. The first-order valence-electron chi connectivity index (χ1n) is 4.87. The number of anilines is 1. The molecule has 0 radical (unpaired) electrons. The second kappa shape index (κ2) is 3.89. The zero-order valence-corrected chi connectivity index (χ0v) is 10.8. The van der Waals surface area contributed by atoms with Crippen LogP contribution in [0.25, 0.3) is 6.08 Å². The SMILES string of the molecule is COc1cc(Br)cc2c1C=C(C)CN2C. The van der Waals surface area contributed by atoms with Crippen molar-refractivity contribution < 1.29 is 4.74 Å². The largest absolute Gasteiger partial charge is 0.496 e. The molecule has 15 heavy (non-hydrogen) atoms. The fourth-order valence-corrected chi connectivity index (χ4v) is 2.39. The van der Waals surface area contributed by atoms with Crippen LogP contribution in [0.2, 0.25) is 0 Å². The van der Waals surface area contributed by atoms with Crippen LogP contribution < -0.4 is 9.64 Å². The van der Waals surface area contributed by atoms with Crippen LogP contribution >= 0.6 is 15.9 Å². The van der Waals surface area contributed by atoms with E-state index in [0.29, 0.717) is 0 Å². The van der Waals surface area contributed by atoms with Crippen molar-refractivity contribution in [2.24, 2.45) is 0 Å². The molecule has 0 unspecified atom stereocenters. The van der Waals surface area contributed by atoms with Gasteiger partial charge in [-0.3, -0.25) is 0 Å². The Labute approximate surface area is 98.7 Å². The lowest BCUT2D eigenvalue weighted by Crippen LogP contribution is -2.23. The van der Waals surface area contributed by atoms with Crippen LogP contribution in [-0.4, -0.2) is 20.7 Å². The van der Waals surface area contributed by atoms with Gasteiger partial charge in [0.2, 0.25) is 0 Å². The molecule has 0 saturated carbocycles. The van der Waals surface area contributed by atoms with Gasteiger partial charge < -0.3 is 9.64 Å². The number of methoxy groups -OCH3 is 1. The Balaban J connectivity index is 2.64. The van der Waals surface area contributed by atoms with Crippen molar-refractivity contribution >= 4 is 27.7 Å². The van der Waals surface area contributed by atoms with Crippen molar-refractivity contribution in [1.29, 1.82) is 0 Å². The molecular weight excluding hydrogens is 254 g/mol. The molecule has 2 nitrogen and oxygen atoms in total. The zero-order chi connectivity index (χ0) is 11.0. The van der Waals surface area contributed by atoms with Crippen molar-refractivity contribution in [3.8, 4) is 5.75 Å². The topological polar surface area (TPSA) is 12.5 Å². The summed E-state index contributed by atoms with van der Waals surface area (Å²) in [5.74, 6) is 0.922. The first kappa shape index (κ1) is 10.6. The van der Waals surface area contributed by atoms with Crippen LogP contribution in [0.5, 0.6) is 5.75 Å². The minimum absolute atomic E-state index is 0.922. The number of rotatable bonds is 1. The molecule has 3 heteroatoms. The molecule has 0 saturated heterocycles. The van der Waals surface area contributed by atoms with Gasteiger partial charge in [-0.2, -0.15) is 0 Å². The van der Waals surface area contributed by atoms with Crippen molar-refractivity contribution in [2.75, 3.05) is 25.6 Å². The van der Waals surface area contributed by atoms with E-state index in [9.17, 15) is 0 Å². The van der Waals surface area contributed by atoms with Crippen LogP contribution in [-0.2, 0) is 0 Å². The van der Waals surface area contributed by atoms with Gasteiger partial charge in [-0.25, -0.2) is 0 Å². The van der Waals surface area contributed by atoms with Crippen LogP contribution in [0.4, 0.5) is 5.69 Å². The third-order valence-electron chi connectivity index (χ3n) is 2.59. The highest BCUT2D eigenvalue weighted by Gasteiger charge is 2.17. The maximum absolute atomic E-state index is 5.39. The number of fused-ring (bicyclic) bond motifs is 1. The minimum atomic E-state index is 0.922. The molecule has 80 valence electrons. The van der Waals surface area contributed by atoms with Gasteiger partial charge in [-0.1, -0.05) is 21.5 Å². The summed E-state index contributed by atoms with van der Waals surface area (Å²) in [7, 11) is 3.81. The van der Waals surface area contributed by atoms with Gasteiger partial charge in [0.15, 0.2) is 0 Å². The number of likely N-dealkylation sites (N-methyl/N-ethyl adjacent to an activating group) is 1. The van der Waals surface area contributed by atoms with E-state index in [0.717, 1.165) is 16.8 Å². The number of benzene rings is 1. The Hall–Kier alpha value is -0.960. The number of halogens is 1. The number of nitrogens with zero attached hydrogens (tertiary/aromatic N) is 1. The Bertz CT molecular complexity index is 426. The predicted octanol–water partition coefficient (Wildman–Crippen LogP) is 3.31. The quantitative estimate of drug-likeness (QED) is 0.774. The Morgan fingerprint density at radius 1 is 1.40 bits per heavy atom. The molecule has 0 aliphatic carbocycles. The average Bonchev–Trinajstić information content (AvgIpc) is 2.18. The van der Waals surface area contributed by atoms with Crippen molar-refractivity contribution in [1.82, 2.24) is 0 Å². The number of ether oxygens (including phenoxy) is 1. The monoisotopic (exact) mass is 267 g/mol. The lowest BCUT2D eigenvalue weighted by Gasteiger charge is -2.27. The van der Waals surface area contributed by atoms with Gasteiger partial charge in [0, 0.05) is 29.3 Å². The van der Waals surface area contributed by atoms with E-state index in [2.05, 4.69) is 46.9 Å². The van der Waals surface area contributed by atoms with E-state index in [-0.39, 0.29) is 0 Å². The maximum Gasteiger partial charge on any atom is 0.129 e. The van der Waals surface area contributed by atoms with E-state index in [1.165, 1.54) is 16.8 Å². The summed E-state index contributed by atoms with van der Waals surface area (Å²) in [6.45, 7) is 3.12. The second-order valence-electron chi connectivity index (χ2n) is 3.89. The zero-order valence-electron chi connectivity index (χ0n) is 9.17. The van der Waals surface area contributed by atoms with Gasteiger partial charge >= 0.3 is 0 Å². The van der Waals surface area contributed by atoms with Crippen LogP contribution in [0, 0.1) is 0 Å². The van der Waals surface area contributed by atoms with Crippen molar-refractivity contribution in [2.45, 2.75) is 6.92 Å². The molecule has 0 amide bonds. The summed E-state index contributed by atoms with van der Waals surface area (Å²) >= 11 is 3.50. The van der Waals surface area contributed by atoms with Gasteiger partial charge in [-0.15, -0.1) is 0 Å². The lowest BCUT2D eigenvalue weighted by atomic mass is 10.0. The van der Waals surface area contributed by atoms with Gasteiger partial charge in [0.1, 0.15) is 5.75 Å². The lowest BCUT2D eigenvalue weighted by molar-refractivity contribution is 0.413. The molecule has 0 spiro atoms. The number of hydrogen-bond donors (Lipinski definition) is 0. The fraction of sp³-hybridized carbons (Fsp3) is 0.333. The molecular formula is C12H14BrNO. The third kappa shape index (κ3) is 1.88. The molecule has 1 aromatic carbocycles.